The molecule has 6 nitrogen and oxygen atoms in total. The van der Waals surface area contributed by atoms with Crippen molar-refractivity contribution in [1.82, 2.24) is 14.9 Å². The molecule has 2 unspecified atom stereocenters. The van der Waals surface area contributed by atoms with Crippen LogP contribution in [0.4, 0.5) is 19.0 Å². The number of hydrogen-bond donors (Lipinski definition) is 1. The quantitative estimate of drug-likeness (QED) is 0.766. The van der Waals surface area contributed by atoms with E-state index in [0.29, 0.717) is 24.5 Å². The number of anilines is 1. The maximum atomic E-state index is 12.7. The van der Waals surface area contributed by atoms with Gasteiger partial charge < -0.3 is 15.0 Å². The van der Waals surface area contributed by atoms with Crippen molar-refractivity contribution in [3.63, 3.8) is 0 Å². The Bertz CT molecular complexity index is 812. The zero-order chi connectivity index (χ0) is 20.1. The Labute approximate surface area is 160 Å². The van der Waals surface area contributed by atoms with Gasteiger partial charge >= 0.3 is 6.18 Å². The fraction of sp³-hybridized carbons (Fsp3) is 0.316. The van der Waals surface area contributed by atoms with Gasteiger partial charge in [-0.25, -0.2) is 9.97 Å². The second-order valence-corrected chi connectivity index (χ2v) is 6.34. The van der Waals surface area contributed by atoms with Crippen LogP contribution < -0.4 is 5.32 Å². The van der Waals surface area contributed by atoms with Crippen molar-refractivity contribution in [3.05, 3.63) is 66.6 Å². The van der Waals surface area contributed by atoms with Gasteiger partial charge in [0.15, 0.2) is 0 Å². The molecule has 148 valence electrons. The molecule has 1 aromatic heterocycles. The van der Waals surface area contributed by atoms with E-state index in [1.54, 1.807) is 17.2 Å². The number of nitrogens with one attached hydrogen (secondary N) is 1. The molecule has 0 spiro atoms. The molecule has 1 fully saturated rings. The maximum absolute atomic E-state index is 12.7. The number of halogens is 3. The van der Waals surface area contributed by atoms with Gasteiger partial charge in [0.25, 0.3) is 0 Å². The zero-order valence-electron chi connectivity index (χ0n) is 14.9. The van der Waals surface area contributed by atoms with E-state index in [-0.39, 0.29) is 24.7 Å². The fourth-order valence-electron chi connectivity index (χ4n) is 2.95. The van der Waals surface area contributed by atoms with E-state index in [0.717, 1.165) is 12.1 Å². The van der Waals surface area contributed by atoms with Gasteiger partial charge in [-0.2, -0.15) is 13.2 Å². The molecule has 1 saturated heterocycles. The van der Waals surface area contributed by atoms with Crippen molar-refractivity contribution in [2.45, 2.75) is 24.9 Å². The van der Waals surface area contributed by atoms with Crippen LogP contribution in [0.1, 0.15) is 11.1 Å². The highest BCUT2D eigenvalue weighted by atomic mass is 19.4. The highest BCUT2D eigenvalue weighted by Gasteiger charge is 2.35. The Morgan fingerprint density at radius 3 is 2.64 bits per heavy atom. The molecule has 0 bridgehead atoms. The van der Waals surface area contributed by atoms with Crippen molar-refractivity contribution in [1.29, 1.82) is 0 Å². The number of likely N-dealkylation sites (tertiary alicyclic amines) is 1. The molecule has 9 heteroatoms. The fourth-order valence-corrected chi connectivity index (χ4v) is 2.95. The lowest BCUT2D eigenvalue weighted by atomic mass is 10.1. The van der Waals surface area contributed by atoms with E-state index >= 15 is 0 Å². The van der Waals surface area contributed by atoms with Gasteiger partial charge in [-0.1, -0.05) is 18.7 Å². The normalized spacial score (nSPS) is 19.5. The standard InChI is InChI=1S/C19H19F3N4O2/c1-2-18(27)26-9-15(25-17-7-8-23-12-24-17)16(10-26)28-11-13-3-5-14(6-4-13)19(20,21)22/h2-8,12,15-16H,1,9-11H2,(H,23,24,25). The molecule has 1 N–H and O–H groups in total. The van der Waals surface area contributed by atoms with E-state index in [2.05, 4.69) is 21.9 Å². The Morgan fingerprint density at radius 1 is 1.29 bits per heavy atom. The van der Waals surface area contributed by atoms with Crippen molar-refractivity contribution in [3.8, 4) is 0 Å². The number of carbonyl (C=O) groups excluding carboxylic acids is 1. The van der Waals surface area contributed by atoms with Gasteiger partial charge in [-0.3, -0.25) is 4.79 Å². The SMILES string of the molecule is C=CC(=O)N1CC(Nc2ccncn2)C(OCc2ccc(C(F)(F)F)cc2)C1. The lowest BCUT2D eigenvalue weighted by Gasteiger charge is -2.20. The van der Waals surface area contributed by atoms with Crippen molar-refractivity contribution in [2.75, 3.05) is 18.4 Å². The van der Waals surface area contributed by atoms with E-state index in [9.17, 15) is 18.0 Å². The van der Waals surface area contributed by atoms with Crippen LogP contribution in [0.5, 0.6) is 0 Å². The number of hydrogen-bond acceptors (Lipinski definition) is 5. The van der Waals surface area contributed by atoms with Crippen LogP contribution in [-0.2, 0) is 22.3 Å². The highest BCUT2D eigenvalue weighted by molar-refractivity contribution is 5.87. The summed E-state index contributed by atoms with van der Waals surface area (Å²) in [6, 6.07) is 6.29. The monoisotopic (exact) mass is 392 g/mol. The van der Waals surface area contributed by atoms with Gasteiger partial charge in [-0.15, -0.1) is 0 Å². The molecule has 1 aromatic carbocycles. The molecule has 0 radical (unpaired) electrons. The second kappa shape index (κ2) is 8.39. The third-order valence-corrected chi connectivity index (χ3v) is 4.41. The Hall–Kier alpha value is -2.94. The first-order valence-corrected chi connectivity index (χ1v) is 8.58. The molecule has 3 rings (SSSR count). The first-order valence-electron chi connectivity index (χ1n) is 8.58. The third kappa shape index (κ3) is 4.86. The van der Waals surface area contributed by atoms with E-state index in [4.69, 9.17) is 4.74 Å². The van der Waals surface area contributed by atoms with Gasteiger partial charge in [0.05, 0.1) is 24.3 Å². The van der Waals surface area contributed by atoms with E-state index in [1.165, 1.54) is 24.5 Å². The minimum absolute atomic E-state index is 0.126. The minimum Gasteiger partial charge on any atom is -0.369 e. The molecule has 1 amide bonds. The highest BCUT2D eigenvalue weighted by Crippen LogP contribution is 2.29. The number of alkyl halides is 3. The Morgan fingerprint density at radius 2 is 2.04 bits per heavy atom. The molecule has 0 saturated carbocycles. The number of benzene rings is 1. The molecule has 1 aliphatic heterocycles. The number of carbonyl (C=O) groups is 1. The van der Waals surface area contributed by atoms with Crippen LogP contribution in [0.15, 0.2) is 55.5 Å². The molecule has 2 aromatic rings. The van der Waals surface area contributed by atoms with Crippen molar-refractivity contribution < 1.29 is 22.7 Å². The summed E-state index contributed by atoms with van der Waals surface area (Å²) in [5.74, 6) is 0.381. The zero-order valence-corrected chi connectivity index (χ0v) is 14.9. The molecular formula is C19H19F3N4O2. The first-order chi connectivity index (χ1) is 13.4. The topological polar surface area (TPSA) is 67.4 Å². The summed E-state index contributed by atoms with van der Waals surface area (Å²) in [5, 5.41) is 3.21. The number of nitrogens with zero attached hydrogens (tertiary/aromatic N) is 3. The van der Waals surface area contributed by atoms with Crippen molar-refractivity contribution in [2.24, 2.45) is 0 Å². The molecule has 1 aliphatic rings. The third-order valence-electron chi connectivity index (χ3n) is 4.41. The van der Waals surface area contributed by atoms with Crippen LogP contribution in [0.2, 0.25) is 0 Å². The number of rotatable bonds is 6. The summed E-state index contributed by atoms with van der Waals surface area (Å²) in [7, 11) is 0. The summed E-state index contributed by atoms with van der Waals surface area (Å²) in [4.78, 5) is 21.5. The number of ether oxygens (including phenoxy) is 1. The lowest BCUT2D eigenvalue weighted by Crippen LogP contribution is -2.34. The summed E-state index contributed by atoms with van der Waals surface area (Å²) < 4.78 is 43.9. The predicted octanol–water partition coefficient (Wildman–Crippen LogP) is 2.89. The lowest BCUT2D eigenvalue weighted by molar-refractivity contribution is -0.137. The minimum atomic E-state index is -4.37. The summed E-state index contributed by atoms with van der Waals surface area (Å²) in [6.45, 7) is 4.36. The van der Waals surface area contributed by atoms with Crippen molar-refractivity contribution >= 4 is 11.7 Å². The van der Waals surface area contributed by atoms with E-state index < -0.39 is 11.7 Å². The van der Waals surface area contributed by atoms with Gasteiger partial charge in [0, 0.05) is 19.3 Å². The van der Waals surface area contributed by atoms with Crippen LogP contribution >= 0.6 is 0 Å². The van der Waals surface area contributed by atoms with Crippen LogP contribution in [0.25, 0.3) is 0 Å². The smallest absolute Gasteiger partial charge is 0.369 e. The second-order valence-electron chi connectivity index (χ2n) is 6.34. The summed E-state index contributed by atoms with van der Waals surface area (Å²) >= 11 is 0. The Kier molecular flexibility index (Phi) is 5.93. The summed E-state index contributed by atoms with van der Waals surface area (Å²) in [5.41, 5.74) is -0.0922. The van der Waals surface area contributed by atoms with Gasteiger partial charge in [0.1, 0.15) is 12.1 Å². The van der Waals surface area contributed by atoms with Crippen LogP contribution in [0, 0.1) is 0 Å². The first kappa shape index (κ1) is 19.8. The van der Waals surface area contributed by atoms with Gasteiger partial charge in [0.2, 0.25) is 5.91 Å². The molecule has 2 atom stereocenters. The van der Waals surface area contributed by atoms with Crippen LogP contribution in [0.3, 0.4) is 0 Å². The Balaban J connectivity index is 1.66. The average molecular weight is 392 g/mol. The largest absolute Gasteiger partial charge is 0.416 e. The average Bonchev–Trinajstić information content (AvgIpc) is 3.09. The van der Waals surface area contributed by atoms with E-state index in [1.807, 2.05) is 0 Å². The molecule has 2 heterocycles. The van der Waals surface area contributed by atoms with Crippen LogP contribution in [-0.4, -0.2) is 46.0 Å². The number of aromatic nitrogens is 2. The summed E-state index contributed by atoms with van der Waals surface area (Å²) in [6.07, 6.45) is -0.499. The van der Waals surface area contributed by atoms with Gasteiger partial charge in [-0.05, 0) is 29.8 Å². The predicted molar refractivity (Wildman–Crippen MR) is 96.2 cm³/mol. The number of amides is 1. The molecule has 0 aliphatic carbocycles. The molecular weight excluding hydrogens is 373 g/mol. The molecule has 28 heavy (non-hydrogen) atoms. The maximum Gasteiger partial charge on any atom is 0.416 e.